The molecular weight excluding hydrogens is 421 g/mol. The van der Waals surface area contributed by atoms with E-state index in [1.54, 1.807) is 29.2 Å². The van der Waals surface area contributed by atoms with Gasteiger partial charge in [-0.2, -0.15) is 0 Å². The Morgan fingerprint density at radius 3 is 2.06 bits per heavy atom. The standard InChI is InChI=1S/C26H30FN3O3/c27-22-11-9-21(10-12-22)25(32)30-17-13-19(14-18-30)23(26(33)29-15-5-2-6-16-29)28-24(31)20-7-3-1-4-8-20/h1,3-4,7-12,19,23H,2,5-6,13-18H2,(H,28,31)/t23-/m0/s1. The van der Waals surface area contributed by atoms with Crippen molar-refractivity contribution in [3.63, 3.8) is 0 Å². The topological polar surface area (TPSA) is 69.7 Å². The van der Waals surface area contributed by atoms with Crippen LogP contribution < -0.4 is 5.32 Å². The minimum absolute atomic E-state index is 0.0257. The van der Waals surface area contributed by atoms with Crippen molar-refractivity contribution in [2.75, 3.05) is 26.2 Å². The molecule has 4 rings (SSSR count). The highest BCUT2D eigenvalue weighted by atomic mass is 19.1. The molecule has 0 aromatic heterocycles. The van der Waals surface area contributed by atoms with E-state index in [1.165, 1.54) is 24.3 Å². The summed E-state index contributed by atoms with van der Waals surface area (Å²) in [6.45, 7) is 2.43. The summed E-state index contributed by atoms with van der Waals surface area (Å²) in [7, 11) is 0. The monoisotopic (exact) mass is 451 g/mol. The van der Waals surface area contributed by atoms with E-state index in [1.807, 2.05) is 11.0 Å². The molecule has 2 aromatic carbocycles. The molecule has 0 bridgehead atoms. The Bertz CT molecular complexity index is 966. The van der Waals surface area contributed by atoms with Crippen LogP contribution >= 0.6 is 0 Å². The van der Waals surface area contributed by atoms with Crippen molar-refractivity contribution in [1.29, 1.82) is 0 Å². The van der Waals surface area contributed by atoms with Crippen LogP contribution in [0.25, 0.3) is 0 Å². The van der Waals surface area contributed by atoms with Crippen LogP contribution in [-0.4, -0.2) is 59.7 Å². The molecule has 174 valence electrons. The second-order valence-corrected chi connectivity index (χ2v) is 8.84. The summed E-state index contributed by atoms with van der Waals surface area (Å²) in [5.74, 6) is -0.846. The molecule has 2 heterocycles. The normalized spacial score (nSPS) is 18.0. The first-order valence-corrected chi connectivity index (χ1v) is 11.7. The molecule has 0 aliphatic carbocycles. The molecular formula is C26H30FN3O3. The van der Waals surface area contributed by atoms with Crippen LogP contribution in [0.3, 0.4) is 0 Å². The number of rotatable bonds is 5. The quantitative estimate of drug-likeness (QED) is 0.757. The summed E-state index contributed by atoms with van der Waals surface area (Å²) < 4.78 is 13.2. The molecule has 0 radical (unpaired) electrons. The third-order valence-electron chi connectivity index (χ3n) is 6.65. The molecule has 0 unspecified atom stereocenters. The highest BCUT2D eigenvalue weighted by molar-refractivity contribution is 5.97. The summed E-state index contributed by atoms with van der Waals surface area (Å²) >= 11 is 0. The molecule has 0 saturated carbocycles. The number of nitrogens with zero attached hydrogens (tertiary/aromatic N) is 2. The Kier molecular flexibility index (Phi) is 7.37. The van der Waals surface area contributed by atoms with Gasteiger partial charge in [0.05, 0.1) is 0 Å². The highest BCUT2D eigenvalue weighted by Crippen LogP contribution is 2.25. The van der Waals surface area contributed by atoms with Gasteiger partial charge in [0.1, 0.15) is 11.9 Å². The third-order valence-corrected chi connectivity index (χ3v) is 6.65. The molecule has 2 saturated heterocycles. The average Bonchev–Trinajstić information content (AvgIpc) is 2.88. The zero-order chi connectivity index (χ0) is 23.2. The van der Waals surface area contributed by atoms with Gasteiger partial charge >= 0.3 is 0 Å². The lowest BCUT2D eigenvalue weighted by Gasteiger charge is -2.38. The van der Waals surface area contributed by atoms with Crippen molar-refractivity contribution in [1.82, 2.24) is 15.1 Å². The maximum Gasteiger partial charge on any atom is 0.253 e. The summed E-state index contributed by atoms with van der Waals surface area (Å²) in [6.07, 6.45) is 4.32. The van der Waals surface area contributed by atoms with Crippen molar-refractivity contribution in [2.45, 2.75) is 38.1 Å². The zero-order valence-corrected chi connectivity index (χ0v) is 18.7. The number of halogens is 1. The van der Waals surface area contributed by atoms with Crippen LogP contribution in [0.2, 0.25) is 0 Å². The maximum atomic E-state index is 13.4. The fourth-order valence-corrected chi connectivity index (χ4v) is 4.72. The predicted octanol–water partition coefficient (Wildman–Crippen LogP) is 3.49. The molecule has 6 nitrogen and oxygen atoms in total. The number of carbonyl (C=O) groups is 3. The van der Waals surface area contributed by atoms with Crippen molar-refractivity contribution in [2.24, 2.45) is 5.92 Å². The van der Waals surface area contributed by atoms with E-state index in [0.29, 0.717) is 37.1 Å². The number of benzene rings is 2. The lowest BCUT2D eigenvalue weighted by Crippen LogP contribution is -2.55. The molecule has 2 fully saturated rings. The van der Waals surface area contributed by atoms with Gasteiger partial charge in [0.25, 0.3) is 11.8 Å². The van der Waals surface area contributed by atoms with Crippen molar-refractivity contribution >= 4 is 17.7 Å². The van der Waals surface area contributed by atoms with Crippen molar-refractivity contribution in [3.8, 4) is 0 Å². The first kappa shape index (κ1) is 23.0. The zero-order valence-electron chi connectivity index (χ0n) is 18.7. The Morgan fingerprint density at radius 1 is 0.788 bits per heavy atom. The van der Waals surface area contributed by atoms with Gasteiger partial charge in [-0.1, -0.05) is 18.2 Å². The van der Waals surface area contributed by atoms with Crippen LogP contribution in [0.1, 0.15) is 52.8 Å². The fraction of sp³-hybridized carbons (Fsp3) is 0.423. The van der Waals surface area contributed by atoms with Gasteiger partial charge in [0.2, 0.25) is 5.91 Å². The SMILES string of the molecule is O=C(N[C@H](C(=O)N1CCCCC1)C1CCN(C(=O)c2ccc(F)cc2)CC1)c1ccccc1. The molecule has 1 N–H and O–H groups in total. The second-order valence-electron chi connectivity index (χ2n) is 8.84. The van der Waals surface area contributed by atoms with Gasteiger partial charge in [0.15, 0.2) is 0 Å². The molecule has 2 aliphatic rings. The molecule has 2 aromatic rings. The number of hydrogen-bond donors (Lipinski definition) is 1. The minimum atomic E-state index is -0.612. The van der Waals surface area contributed by atoms with Crippen LogP contribution in [0.5, 0.6) is 0 Å². The summed E-state index contributed by atoms with van der Waals surface area (Å²) in [4.78, 5) is 42.7. The Morgan fingerprint density at radius 2 is 1.42 bits per heavy atom. The maximum absolute atomic E-state index is 13.4. The van der Waals surface area contributed by atoms with Crippen LogP contribution in [-0.2, 0) is 4.79 Å². The summed E-state index contributed by atoms with van der Waals surface area (Å²) in [5, 5.41) is 3.01. The number of nitrogens with one attached hydrogen (secondary N) is 1. The third kappa shape index (κ3) is 5.59. The number of likely N-dealkylation sites (tertiary alicyclic amines) is 2. The number of hydrogen-bond acceptors (Lipinski definition) is 3. The Balaban J connectivity index is 1.45. The van der Waals surface area contributed by atoms with Gasteiger partial charge in [-0.25, -0.2) is 4.39 Å². The number of piperidine rings is 2. The van der Waals surface area contributed by atoms with E-state index in [9.17, 15) is 18.8 Å². The summed E-state index contributed by atoms with van der Waals surface area (Å²) in [6, 6.07) is 13.9. The molecule has 33 heavy (non-hydrogen) atoms. The largest absolute Gasteiger partial charge is 0.341 e. The van der Waals surface area contributed by atoms with E-state index in [2.05, 4.69) is 5.32 Å². The average molecular weight is 452 g/mol. The van der Waals surface area contributed by atoms with Crippen LogP contribution in [0, 0.1) is 11.7 Å². The lowest BCUT2D eigenvalue weighted by molar-refractivity contribution is -0.136. The van der Waals surface area contributed by atoms with Gasteiger partial charge in [-0.15, -0.1) is 0 Å². The van der Waals surface area contributed by atoms with E-state index in [-0.39, 0.29) is 29.5 Å². The molecule has 1 atom stereocenters. The minimum Gasteiger partial charge on any atom is -0.341 e. The summed E-state index contributed by atoms with van der Waals surface area (Å²) in [5.41, 5.74) is 0.978. The fourth-order valence-electron chi connectivity index (χ4n) is 4.72. The van der Waals surface area contributed by atoms with Crippen molar-refractivity contribution < 1.29 is 18.8 Å². The first-order valence-electron chi connectivity index (χ1n) is 11.7. The van der Waals surface area contributed by atoms with Gasteiger partial charge in [0, 0.05) is 37.3 Å². The second kappa shape index (κ2) is 10.6. The first-order chi connectivity index (χ1) is 16.0. The number of carbonyl (C=O) groups excluding carboxylic acids is 3. The Labute approximate surface area is 193 Å². The van der Waals surface area contributed by atoms with E-state index < -0.39 is 6.04 Å². The van der Waals surface area contributed by atoms with E-state index in [4.69, 9.17) is 0 Å². The van der Waals surface area contributed by atoms with E-state index >= 15 is 0 Å². The predicted molar refractivity (Wildman–Crippen MR) is 123 cm³/mol. The van der Waals surface area contributed by atoms with Gasteiger partial charge < -0.3 is 15.1 Å². The van der Waals surface area contributed by atoms with E-state index in [0.717, 1.165) is 32.4 Å². The van der Waals surface area contributed by atoms with Crippen LogP contribution in [0.15, 0.2) is 54.6 Å². The van der Waals surface area contributed by atoms with Gasteiger partial charge in [-0.05, 0) is 74.4 Å². The highest BCUT2D eigenvalue weighted by Gasteiger charge is 2.36. The lowest BCUT2D eigenvalue weighted by atomic mass is 9.87. The number of amides is 3. The van der Waals surface area contributed by atoms with Crippen molar-refractivity contribution in [3.05, 3.63) is 71.5 Å². The van der Waals surface area contributed by atoms with Gasteiger partial charge in [-0.3, -0.25) is 14.4 Å². The smallest absolute Gasteiger partial charge is 0.253 e. The molecule has 2 aliphatic heterocycles. The molecule has 0 spiro atoms. The van der Waals surface area contributed by atoms with Crippen LogP contribution in [0.4, 0.5) is 4.39 Å². The molecule has 3 amide bonds. The Hall–Kier alpha value is -3.22. The molecule has 7 heteroatoms.